The molecule has 0 bridgehead atoms. The standard InChI is InChI=1S/C35H40ClN5O3S/c1-23(2)44-32-20-28(27-15-17-41(18-16-27)22-26-11-7-6-8-12-26)25(5)19-31(32)39-35-37-21-29(36)34(40-35)38-30-13-9-10-14-33(30)45(42,43)24(3)4/h6-15,19-21,23-24H,16-18,22H2,1-5H3,(H2,37,38,39,40). The van der Waals surface area contributed by atoms with Crippen LogP contribution in [0.3, 0.4) is 0 Å². The van der Waals surface area contributed by atoms with Crippen molar-refractivity contribution >= 4 is 50.2 Å². The summed E-state index contributed by atoms with van der Waals surface area (Å²) in [6, 6.07) is 21.4. The van der Waals surface area contributed by atoms with E-state index in [0.717, 1.165) is 42.9 Å². The van der Waals surface area contributed by atoms with Crippen LogP contribution in [0.1, 0.15) is 50.8 Å². The van der Waals surface area contributed by atoms with Crippen molar-refractivity contribution in [2.45, 2.75) is 63.8 Å². The van der Waals surface area contributed by atoms with Crippen LogP contribution in [-0.2, 0) is 16.4 Å². The first-order valence-electron chi connectivity index (χ1n) is 15.2. The number of sulfone groups is 1. The molecule has 2 N–H and O–H groups in total. The SMILES string of the molecule is Cc1cc(Nc2ncc(Cl)c(Nc3ccccc3S(=O)(=O)C(C)C)n2)c(OC(C)C)cc1C1=CCN(Cc2ccccc2)CC1. The number of anilines is 4. The van der Waals surface area contributed by atoms with Crippen molar-refractivity contribution in [3.63, 3.8) is 0 Å². The van der Waals surface area contributed by atoms with Gasteiger partial charge >= 0.3 is 0 Å². The Bertz CT molecular complexity index is 1790. The van der Waals surface area contributed by atoms with Gasteiger partial charge in [0, 0.05) is 19.6 Å². The van der Waals surface area contributed by atoms with Crippen molar-refractivity contribution in [1.29, 1.82) is 0 Å². The molecular weight excluding hydrogens is 606 g/mol. The molecule has 0 fully saturated rings. The summed E-state index contributed by atoms with van der Waals surface area (Å²) in [5, 5.41) is 6.10. The summed E-state index contributed by atoms with van der Waals surface area (Å²) in [6.07, 6.45) is 4.70. The molecule has 5 rings (SSSR count). The number of aromatic nitrogens is 2. The van der Waals surface area contributed by atoms with Crippen LogP contribution in [0.5, 0.6) is 5.75 Å². The Balaban J connectivity index is 1.39. The van der Waals surface area contributed by atoms with Gasteiger partial charge in [-0.3, -0.25) is 4.90 Å². The smallest absolute Gasteiger partial charge is 0.229 e. The van der Waals surface area contributed by atoms with E-state index in [1.54, 1.807) is 38.1 Å². The number of para-hydroxylation sites is 1. The number of benzene rings is 3. The van der Waals surface area contributed by atoms with E-state index >= 15 is 0 Å². The highest BCUT2D eigenvalue weighted by Crippen LogP contribution is 2.37. The molecule has 1 aliphatic rings. The zero-order valence-corrected chi connectivity index (χ0v) is 27.9. The van der Waals surface area contributed by atoms with Crippen LogP contribution in [0.2, 0.25) is 5.02 Å². The Labute approximate surface area is 271 Å². The molecule has 2 heterocycles. The summed E-state index contributed by atoms with van der Waals surface area (Å²) in [7, 11) is -3.54. The number of hydrogen-bond acceptors (Lipinski definition) is 8. The number of halogens is 1. The second-order valence-electron chi connectivity index (χ2n) is 11.8. The fourth-order valence-electron chi connectivity index (χ4n) is 5.26. The lowest BCUT2D eigenvalue weighted by atomic mass is 9.94. The van der Waals surface area contributed by atoms with Crippen LogP contribution < -0.4 is 15.4 Å². The lowest BCUT2D eigenvalue weighted by molar-refractivity contribution is 0.243. The molecule has 0 amide bonds. The Morgan fingerprint density at radius 1 is 0.978 bits per heavy atom. The van der Waals surface area contributed by atoms with Crippen molar-refractivity contribution in [2.24, 2.45) is 0 Å². The maximum absolute atomic E-state index is 13.0. The normalized spacial score (nSPS) is 14.0. The minimum Gasteiger partial charge on any atom is -0.489 e. The molecule has 236 valence electrons. The van der Waals surface area contributed by atoms with E-state index in [2.05, 4.69) is 74.9 Å². The van der Waals surface area contributed by atoms with Gasteiger partial charge in [-0.2, -0.15) is 4.98 Å². The monoisotopic (exact) mass is 645 g/mol. The Morgan fingerprint density at radius 2 is 1.71 bits per heavy atom. The lowest BCUT2D eigenvalue weighted by Crippen LogP contribution is -2.28. The van der Waals surface area contributed by atoms with Crippen molar-refractivity contribution in [1.82, 2.24) is 14.9 Å². The van der Waals surface area contributed by atoms with Gasteiger partial charge in [0.25, 0.3) is 0 Å². The highest BCUT2D eigenvalue weighted by atomic mass is 35.5. The second-order valence-corrected chi connectivity index (χ2v) is 14.6. The largest absolute Gasteiger partial charge is 0.489 e. The van der Waals surface area contributed by atoms with Crippen molar-refractivity contribution in [2.75, 3.05) is 23.7 Å². The maximum atomic E-state index is 13.0. The Hall–Kier alpha value is -3.92. The van der Waals surface area contributed by atoms with E-state index in [1.807, 2.05) is 19.9 Å². The van der Waals surface area contributed by atoms with E-state index in [1.165, 1.54) is 17.3 Å². The number of aryl methyl sites for hydroxylation is 1. The lowest BCUT2D eigenvalue weighted by Gasteiger charge is -2.27. The number of nitrogens with one attached hydrogen (secondary N) is 2. The van der Waals surface area contributed by atoms with Gasteiger partial charge < -0.3 is 15.4 Å². The van der Waals surface area contributed by atoms with Crippen LogP contribution in [0.25, 0.3) is 5.57 Å². The van der Waals surface area contributed by atoms with Crippen molar-refractivity contribution < 1.29 is 13.2 Å². The molecule has 0 unspecified atom stereocenters. The molecule has 0 atom stereocenters. The topological polar surface area (TPSA) is 96.5 Å². The molecule has 8 nitrogen and oxygen atoms in total. The highest BCUT2D eigenvalue weighted by Gasteiger charge is 2.23. The Morgan fingerprint density at radius 3 is 2.40 bits per heavy atom. The fraction of sp³-hybridized carbons (Fsp3) is 0.314. The van der Waals surface area contributed by atoms with Crippen LogP contribution in [0, 0.1) is 6.92 Å². The van der Waals surface area contributed by atoms with Crippen molar-refractivity contribution in [3.8, 4) is 5.75 Å². The van der Waals surface area contributed by atoms with E-state index < -0.39 is 15.1 Å². The van der Waals surface area contributed by atoms with E-state index in [0.29, 0.717) is 17.4 Å². The third-order valence-corrected chi connectivity index (χ3v) is 10.1. The van der Waals surface area contributed by atoms with Crippen LogP contribution in [0.15, 0.2) is 83.9 Å². The van der Waals surface area contributed by atoms with Gasteiger partial charge in [0.05, 0.1) is 33.8 Å². The number of rotatable bonds is 11. The molecule has 4 aromatic rings. The quantitative estimate of drug-likeness (QED) is 0.169. The van der Waals surface area contributed by atoms with Gasteiger partial charge in [-0.05, 0) is 87.6 Å². The zero-order chi connectivity index (χ0) is 32.1. The zero-order valence-electron chi connectivity index (χ0n) is 26.3. The molecule has 1 aliphatic heterocycles. The molecule has 1 aromatic heterocycles. The summed E-state index contributed by atoms with van der Waals surface area (Å²) >= 11 is 6.47. The highest BCUT2D eigenvalue weighted by molar-refractivity contribution is 7.92. The average Bonchev–Trinajstić information content (AvgIpc) is 3.01. The van der Waals surface area contributed by atoms with Gasteiger partial charge in [-0.1, -0.05) is 60.1 Å². The van der Waals surface area contributed by atoms with Gasteiger partial charge in [-0.25, -0.2) is 13.4 Å². The average molecular weight is 646 g/mol. The third-order valence-electron chi connectivity index (χ3n) is 7.64. The van der Waals surface area contributed by atoms with Gasteiger partial charge in [-0.15, -0.1) is 0 Å². The second kappa shape index (κ2) is 14.0. The van der Waals surface area contributed by atoms with Gasteiger partial charge in [0.15, 0.2) is 15.7 Å². The van der Waals surface area contributed by atoms with E-state index in [9.17, 15) is 8.42 Å². The fourth-order valence-corrected chi connectivity index (χ4v) is 6.60. The molecule has 10 heteroatoms. The number of hydrogen-bond donors (Lipinski definition) is 2. The molecule has 3 aromatic carbocycles. The molecule has 0 aliphatic carbocycles. The Kier molecular flexibility index (Phi) is 10.1. The predicted octanol–water partition coefficient (Wildman–Crippen LogP) is 8.18. The van der Waals surface area contributed by atoms with Gasteiger partial charge in [0.2, 0.25) is 5.95 Å². The van der Waals surface area contributed by atoms with E-state index in [-0.39, 0.29) is 21.8 Å². The molecule has 0 spiro atoms. The van der Waals surface area contributed by atoms with Crippen molar-refractivity contribution in [3.05, 3.63) is 101 Å². The van der Waals surface area contributed by atoms with E-state index in [4.69, 9.17) is 16.3 Å². The summed E-state index contributed by atoms with van der Waals surface area (Å²) in [5.74, 6) is 1.27. The van der Waals surface area contributed by atoms with Crippen LogP contribution >= 0.6 is 11.6 Å². The maximum Gasteiger partial charge on any atom is 0.229 e. The summed E-state index contributed by atoms with van der Waals surface area (Å²) in [4.78, 5) is 11.6. The van der Waals surface area contributed by atoms with Crippen LogP contribution in [-0.4, -0.2) is 47.7 Å². The first-order chi connectivity index (χ1) is 21.5. The molecule has 0 radical (unpaired) electrons. The minimum atomic E-state index is -3.54. The first-order valence-corrected chi connectivity index (χ1v) is 17.1. The predicted molar refractivity (Wildman–Crippen MR) is 184 cm³/mol. The summed E-state index contributed by atoms with van der Waals surface area (Å²) < 4.78 is 32.2. The summed E-state index contributed by atoms with van der Waals surface area (Å²) in [6.45, 7) is 12.2. The number of ether oxygens (including phenoxy) is 1. The number of nitrogens with zero attached hydrogens (tertiary/aromatic N) is 3. The summed E-state index contributed by atoms with van der Waals surface area (Å²) in [5.41, 5.74) is 6.02. The minimum absolute atomic E-state index is 0.0504. The molecule has 0 saturated carbocycles. The molecule has 0 saturated heterocycles. The van der Waals surface area contributed by atoms with Gasteiger partial charge in [0.1, 0.15) is 10.8 Å². The molecular formula is C35H40ClN5O3S. The van der Waals surface area contributed by atoms with Crippen LogP contribution in [0.4, 0.5) is 23.1 Å². The third kappa shape index (κ3) is 7.84. The molecule has 45 heavy (non-hydrogen) atoms. The first kappa shape index (κ1) is 32.5.